The van der Waals surface area contributed by atoms with E-state index in [2.05, 4.69) is 5.32 Å². The van der Waals surface area contributed by atoms with Crippen LogP contribution in [0.3, 0.4) is 0 Å². The standard InChI is InChI=1S/C25H23FN2O3/c26-18-10-8-17(16-9-11-20(29)22(16)18)24(30)27-19-3-1-2-15-12-28(25(31)21(15)19)23(13-4-5-13)14-6-7-14/h1-3,8,10,13-14,23H,4-7,9,11-12H2,(H,27,30). The summed E-state index contributed by atoms with van der Waals surface area (Å²) in [5, 5.41) is 2.88. The molecule has 2 aromatic rings. The van der Waals surface area contributed by atoms with E-state index < -0.39 is 11.7 Å². The van der Waals surface area contributed by atoms with Crippen molar-refractivity contribution >= 4 is 23.3 Å². The number of nitrogens with one attached hydrogen (secondary N) is 1. The van der Waals surface area contributed by atoms with E-state index in [0.29, 0.717) is 53.2 Å². The normalized spacial score (nSPS) is 19.7. The van der Waals surface area contributed by atoms with Crippen molar-refractivity contribution in [1.82, 2.24) is 4.90 Å². The third-order valence-electron chi connectivity index (χ3n) is 7.17. The van der Waals surface area contributed by atoms with Gasteiger partial charge in [-0.25, -0.2) is 4.39 Å². The molecule has 2 saturated carbocycles. The molecule has 2 amide bonds. The molecule has 0 unspecified atom stereocenters. The van der Waals surface area contributed by atoms with Gasteiger partial charge in [-0.05, 0) is 73.3 Å². The zero-order valence-corrected chi connectivity index (χ0v) is 17.1. The lowest BCUT2D eigenvalue weighted by molar-refractivity contribution is 0.0653. The highest BCUT2D eigenvalue weighted by Gasteiger charge is 2.48. The van der Waals surface area contributed by atoms with Crippen molar-refractivity contribution < 1.29 is 18.8 Å². The van der Waals surface area contributed by atoms with Crippen LogP contribution >= 0.6 is 0 Å². The van der Waals surface area contributed by atoms with Gasteiger partial charge in [-0.3, -0.25) is 14.4 Å². The number of amides is 2. The van der Waals surface area contributed by atoms with Gasteiger partial charge in [-0.1, -0.05) is 12.1 Å². The van der Waals surface area contributed by atoms with Crippen LogP contribution in [0.4, 0.5) is 10.1 Å². The minimum atomic E-state index is -0.577. The SMILES string of the molecule is O=C(Nc1cccc2c1C(=O)N(C(C1CC1)C1CC1)C2)c1ccc(F)c2c1CCC2=O. The van der Waals surface area contributed by atoms with E-state index in [1.807, 2.05) is 17.0 Å². The number of carbonyl (C=O) groups is 3. The molecule has 1 aliphatic heterocycles. The van der Waals surface area contributed by atoms with Crippen LogP contribution in [-0.2, 0) is 13.0 Å². The Hall–Kier alpha value is -3.02. The minimum absolute atomic E-state index is 0.00536. The Balaban J connectivity index is 1.30. The average molecular weight is 418 g/mol. The maximum absolute atomic E-state index is 14.1. The van der Waals surface area contributed by atoms with E-state index in [1.54, 1.807) is 6.07 Å². The second kappa shape index (κ2) is 6.74. The van der Waals surface area contributed by atoms with E-state index in [1.165, 1.54) is 37.8 Å². The van der Waals surface area contributed by atoms with Crippen molar-refractivity contribution in [1.29, 1.82) is 0 Å². The summed E-state index contributed by atoms with van der Waals surface area (Å²) in [5.41, 5.74) is 2.79. The molecule has 1 heterocycles. The minimum Gasteiger partial charge on any atom is -0.331 e. The summed E-state index contributed by atoms with van der Waals surface area (Å²) in [6.45, 7) is 0.593. The highest BCUT2D eigenvalue weighted by Crippen LogP contribution is 2.49. The fourth-order valence-electron chi connectivity index (χ4n) is 5.44. The van der Waals surface area contributed by atoms with Crippen LogP contribution in [0, 0.1) is 17.7 Å². The number of ketones is 1. The quantitative estimate of drug-likeness (QED) is 0.785. The monoisotopic (exact) mass is 418 g/mol. The number of carbonyl (C=O) groups excluding carboxylic acids is 3. The van der Waals surface area contributed by atoms with Crippen molar-refractivity contribution in [2.24, 2.45) is 11.8 Å². The molecule has 2 aromatic carbocycles. The van der Waals surface area contributed by atoms with Gasteiger partial charge >= 0.3 is 0 Å². The van der Waals surface area contributed by atoms with Crippen molar-refractivity contribution in [2.75, 3.05) is 5.32 Å². The molecule has 158 valence electrons. The summed E-state index contributed by atoms with van der Waals surface area (Å²) < 4.78 is 14.1. The first-order chi connectivity index (χ1) is 15.0. The Labute approximate surface area is 179 Å². The Morgan fingerprint density at radius 3 is 2.45 bits per heavy atom. The molecule has 31 heavy (non-hydrogen) atoms. The lowest BCUT2D eigenvalue weighted by atomic mass is 10.0. The fraction of sp³-hybridized carbons (Fsp3) is 0.400. The van der Waals surface area contributed by atoms with Gasteiger partial charge in [0, 0.05) is 24.6 Å². The number of fused-ring (bicyclic) bond motifs is 2. The maximum atomic E-state index is 14.1. The second-order valence-corrected chi connectivity index (χ2v) is 9.26. The zero-order valence-electron chi connectivity index (χ0n) is 17.1. The van der Waals surface area contributed by atoms with Crippen molar-refractivity contribution in [3.8, 4) is 0 Å². The smallest absolute Gasteiger partial charge is 0.256 e. The fourth-order valence-corrected chi connectivity index (χ4v) is 5.44. The third-order valence-corrected chi connectivity index (χ3v) is 7.17. The number of benzene rings is 2. The summed E-state index contributed by atoms with van der Waals surface area (Å²) >= 11 is 0. The molecular weight excluding hydrogens is 395 g/mol. The summed E-state index contributed by atoms with van der Waals surface area (Å²) in [4.78, 5) is 40.5. The van der Waals surface area contributed by atoms with Crippen molar-refractivity contribution in [3.05, 3.63) is 64.0 Å². The van der Waals surface area contributed by atoms with E-state index >= 15 is 0 Å². The molecule has 2 fully saturated rings. The Bertz CT molecular complexity index is 1140. The molecule has 1 N–H and O–H groups in total. The number of nitrogens with zero attached hydrogens (tertiary/aromatic N) is 1. The van der Waals surface area contributed by atoms with E-state index in [0.717, 1.165) is 5.56 Å². The van der Waals surface area contributed by atoms with Crippen LogP contribution in [0.25, 0.3) is 0 Å². The molecule has 0 radical (unpaired) electrons. The van der Waals surface area contributed by atoms with Crippen LogP contribution in [0.15, 0.2) is 30.3 Å². The summed E-state index contributed by atoms with van der Waals surface area (Å²) in [5.74, 6) is -0.0292. The van der Waals surface area contributed by atoms with Gasteiger partial charge < -0.3 is 10.2 Å². The van der Waals surface area contributed by atoms with Crippen molar-refractivity contribution in [2.45, 2.75) is 51.1 Å². The molecule has 4 aliphatic rings. The van der Waals surface area contributed by atoms with E-state index in [9.17, 15) is 18.8 Å². The largest absolute Gasteiger partial charge is 0.331 e. The summed E-state index contributed by atoms with van der Waals surface area (Å²) in [6, 6.07) is 8.47. The second-order valence-electron chi connectivity index (χ2n) is 9.26. The van der Waals surface area contributed by atoms with E-state index in [-0.39, 0.29) is 23.7 Å². The van der Waals surface area contributed by atoms with Crippen LogP contribution in [0.2, 0.25) is 0 Å². The van der Waals surface area contributed by atoms with Crippen LogP contribution < -0.4 is 5.32 Å². The lowest BCUT2D eigenvalue weighted by Gasteiger charge is -2.28. The Morgan fingerprint density at radius 1 is 1.00 bits per heavy atom. The van der Waals surface area contributed by atoms with Crippen LogP contribution in [0.1, 0.15) is 74.3 Å². The number of halogens is 1. The Kier molecular flexibility index (Phi) is 4.07. The maximum Gasteiger partial charge on any atom is 0.256 e. The number of hydrogen-bond donors (Lipinski definition) is 1. The highest BCUT2D eigenvalue weighted by molar-refractivity contribution is 6.13. The van der Waals surface area contributed by atoms with Crippen LogP contribution in [0.5, 0.6) is 0 Å². The lowest BCUT2D eigenvalue weighted by Crippen LogP contribution is -2.38. The van der Waals surface area contributed by atoms with Gasteiger partial charge in [0.1, 0.15) is 5.82 Å². The van der Waals surface area contributed by atoms with Gasteiger partial charge in [0.05, 0.1) is 16.8 Å². The number of hydrogen-bond acceptors (Lipinski definition) is 3. The first kappa shape index (κ1) is 18.7. The molecule has 0 aromatic heterocycles. The van der Waals surface area contributed by atoms with Crippen molar-refractivity contribution in [3.63, 3.8) is 0 Å². The van der Waals surface area contributed by atoms with Gasteiger partial charge in [0.25, 0.3) is 11.8 Å². The topological polar surface area (TPSA) is 66.5 Å². The van der Waals surface area contributed by atoms with Gasteiger partial charge in [0.2, 0.25) is 0 Å². The highest BCUT2D eigenvalue weighted by atomic mass is 19.1. The van der Waals surface area contributed by atoms with Crippen LogP contribution in [-0.4, -0.2) is 28.5 Å². The first-order valence-electron chi connectivity index (χ1n) is 11.1. The predicted molar refractivity (Wildman–Crippen MR) is 113 cm³/mol. The van der Waals surface area contributed by atoms with Gasteiger partial charge in [-0.2, -0.15) is 0 Å². The van der Waals surface area contributed by atoms with Gasteiger partial charge in [0.15, 0.2) is 5.78 Å². The van der Waals surface area contributed by atoms with Gasteiger partial charge in [-0.15, -0.1) is 0 Å². The molecular formula is C25H23FN2O3. The molecule has 0 atom stereocenters. The Morgan fingerprint density at radius 2 is 1.74 bits per heavy atom. The molecule has 0 bridgehead atoms. The molecule has 0 spiro atoms. The zero-order chi connectivity index (χ0) is 21.3. The molecule has 3 aliphatic carbocycles. The predicted octanol–water partition coefficient (Wildman–Crippen LogP) is 4.35. The molecule has 6 heteroatoms. The number of Topliss-reactive ketones (excluding diaryl/α,β-unsaturated/α-hetero) is 1. The molecule has 0 saturated heterocycles. The average Bonchev–Trinajstić information content (AvgIpc) is 3.67. The number of rotatable bonds is 5. The summed E-state index contributed by atoms with van der Waals surface area (Å²) in [7, 11) is 0. The molecule has 5 nitrogen and oxygen atoms in total. The summed E-state index contributed by atoms with van der Waals surface area (Å²) in [6.07, 6.45) is 5.35. The number of anilines is 1. The van der Waals surface area contributed by atoms with E-state index in [4.69, 9.17) is 0 Å². The third kappa shape index (κ3) is 2.99. The first-order valence-corrected chi connectivity index (χ1v) is 11.1. The molecule has 6 rings (SSSR count).